The van der Waals surface area contributed by atoms with E-state index in [1.54, 1.807) is 25.1 Å². The first kappa shape index (κ1) is 15.5. The monoisotopic (exact) mass is 315 g/mol. The van der Waals surface area contributed by atoms with Gasteiger partial charge in [-0.05, 0) is 51.3 Å². The molecule has 1 heterocycles. The molecule has 0 spiro atoms. The van der Waals surface area contributed by atoms with Crippen LogP contribution < -0.4 is 4.74 Å². The lowest BCUT2D eigenvalue weighted by atomic mass is 10.0. The van der Waals surface area contributed by atoms with Crippen LogP contribution in [0.5, 0.6) is 5.75 Å². The van der Waals surface area contributed by atoms with E-state index in [1.165, 1.54) is 6.42 Å². The van der Waals surface area contributed by atoms with E-state index in [9.17, 15) is 4.79 Å². The van der Waals surface area contributed by atoms with Crippen LogP contribution in [0.3, 0.4) is 0 Å². The van der Waals surface area contributed by atoms with Gasteiger partial charge in [-0.3, -0.25) is 4.79 Å². The summed E-state index contributed by atoms with van der Waals surface area (Å²) in [7, 11) is 0. The maximum atomic E-state index is 12.4. The number of benzene rings is 1. The number of hydrogen-bond donors (Lipinski definition) is 0. The average molecular weight is 316 g/mol. The van der Waals surface area contributed by atoms with Crippen LogP contribution in [0.4, 0.5) is 0 Å². The van der Waals surface area contributed by atoms with Crippen molar-refractivity contribution in [2.24, 2.45) is 0 Å². The van der Waals surface area contributed by atoms with Crippen LogP contribution in [0.15, 0.2) is 18.2 Å². The van der Waals surface area contributed by atoms with Crippen LogP contribution in [-0.4, -0.2) is 29.5 Å². The Morgan fingerprint density at radius 3 is 2.80 bits per heavy atom. The first-order valence-corrected chi connectivity index (χ1v) is 7.67. The molecule has 2 rings (SSSR count). The second kappa shape index (κ2) is 6.68. The van der Waals surface area contributed by atoms with Gasteiger partial charge in [-0.25, -0.2) is 0 Å². The van der Waals surface area contributed by atoms with E-state index in [0.29, 0.717) is 15.8 Å². The first-order chi connectivity index (χ1) is 9.49. The van der Waals surface area contributed by atoms with Gasteiger partial charge >= 0.3 is 0 Å². The molecule has 1 saturated heterocycles. The number of piperidine rings is 1. The highest BCUT2D eigenvalue weighted by Crippen LogP contribution is 2.29. The molecule has 1 fully saturated rings. The summed E-state index contributed by atoms with van der Waals surface area (Å²) in [5.74, 6) is 0.504. The Hall–Kier alpha value is -0.930. The van der Waals surface area contributed by atoms with Crippen LogP contribution in [0.1, 0.15) is 33.1 Å². The van der Waals surface area contributed by atoms with E-state index in [0.717, 1.165) is 19.4 Å². The fourth-order valence-electron chi connectivity index (χ4n) is 2.47. The third-order valence-corrected chi connectivity index (χ3v) is 4.16. The molecule has 0 aliphatic carbocycles. The molecule has 1 aromatic carbocycles. The highest BCUT2D eigenvalue weighted by atomic mass is 35.5. The Kier molecular flexibility index (Phi) is 5.17. The standard InChI is InChI=1S/C15H19Cl2NO2/c1-10-5-3-4-8-18(10)15(19)11(2)20-14-7-6-12(16)9-13(14)17/h6-7,9-11H,3-5,8H2,1-2H3/t10-,11-/m1/s1. The fraction of sp³-hybridized carbons (Fsp3) is 0.533. The lowest BCUT2D eigenvalue weighted by molar-refractivity contribution is -0.141. The van der Waals surface area contributed by atoms with E-state index in [-0.39, 0.29) is 11.9 Å². The lowest BCUT2D eigenvalue weighted by Crippen LogP contribution is -2.47. The zero-order chi connectivity index (χ0) is 14.7. The zero-order valence-electron chi connectivity index (χ0n) is 11.7. The molecule has 2 atom stereocenters. The molecule has 20 heavy (non-hydrogen) atoms. The predicted molar refractivity (Wildman–Crippen MR) is 81.6 cm³/mol. The Balaban J connectivity index is 2.03. The van der Waals surface area contributed by atoms with Crippen molar-refractivity contribution < 1.29 is 9.53 Å². The Labute approximate surface area is 129 Å². The molecule has 110 valence electrons. The van der Waals surface area contributed by atoms with Gasteiger partial charge in [0.25, 0.3) is 5.91 Å². The van der Waals surface area contributed by atoms with E-state index in [4.69, 9.17) is 27.9 Å². The highest BCUT2D eigenvalue weighted by molar-refractivity contribution is 6.35. The van der Waals surface area contributed by atoms with Gasteiger partial charge < -0.3 is 9.64 Å². The molecule has 0 aromatic heterocycles. The molecule has 1 aromatic rings. The molecule has 0 saturated carbocycles. The summed E-state index contributed by atoms with van der Waals surface area (Å²) in [6.45, 7) is 4.65. The number of hydrogen-bond acceptors (Lipinski definition) is 2. The van der Waals surface area contributed by atoms with Gasteiger partial charge in [-0.2, -0.15) is 0 Å². The third-order valence-electron chi connectivity index (χ3n) is 3.63. The molecule has 0 unspecified atom stereocenters. The van der Waals surface area contributed by atoms with E-state index >= 15 is 0 Å². The van der Waals surface area contributed by atoms with Crippen molar-refractivity contribution in [1.82, 2.24) is 4.90 Å². The summed E-state index contributed by atoms with van der Waals surface area (Å²) in [6, 6.07) is 5.28. The summed E-state index contributed by atoms with van der Waals surface area (Å²) in [6.07, 6.45) is 2.75. The average Bonchev–Trinajstić information content (AvgIpc) is 2.41. The molecule has 0 radical (unpaired) electrons. The molecule has 1 aliphatic rings. The molecular formula is C15H19Cl2NO2. The number of halogens is 2. The Bertz CT molecular complexity index is 493. The quantitative estimate of drug-likeness (QED) is 0.838. The van der Waals surface area contributed by atoms with Gasteiger partial charge in [0.1, 0.15) is 5.75 Å². The normalized spacial score (nSPS) is 20.6. The van der Waals surface area contributed by atoms with E-state index in [2.05, 4.69) is 6.92 Å². The largest absolute Gasteiger partial charge is 0.479 e. The minimum absolute atomic E-state index is 0.0169. The maximum absolute atomic E-state index is 12.4. The predicted octanol–water partition coefficient (Wildman–Crippen LogP) is 4.16. The SMILES string of the molecule is C[C@@H]1CCCCN1C(=O)[C@@H](C)Oc1ccc(Cl)cc1Cl. The van der Waals surface area contributed by atoms with Crippen LogP contribution >= 0.6 is 23.2 Å². The topological polar surface area (TPSA) is 29.5 Å². The Morgan fingerprint density at radius 1 is 1.40 bits per heavy atom. The second-order valence-corrected chi connectivity index (χ2v) is 6.05. The second-order valence-electron chi connectivity index (χ2n) is 5.21. The maximum Gasteiger partial charge on any atom is 0.263 e. The van der Waals surface area contributed by atoms with Crippen molar-refractivity contribution in [2.75, 3.05) is 6.54 Å². The van der Waals surface area contributed by atoms with Crippen molar-refractivity contribution in [2.45, 2.75) is 45.3 Å². The smallest absolute Gasteiger partial charge is 0.263 e. The molecule has 3 nitrogen and oxygen atoms in total. The lowest BCUT2D eigenvalue weighted by Gasteiger charge is -2.35. The summed E-state index contributed by atoms with van der Waals surface area (Å²) >= 11 is 11.9. The molecular weight excluding hydrogens is 297 g/mol. The molecule has 1 aliphatic heterocycles. The zero-order valence-corrected chi connectivity index (χ0v) is 13.2. The summed E-state index contributed by atoms with van der Waals surface area (Å²) in [5.41, 5.74) is 0. The Morgan fingerprint density at radius 2 is 2.15 bits per heavy atom. The number of rotatable bonds is 3. The number of carbonyl (C=O) groups excluding carboxylic acids is 1. The van der Waals surface area contributed by atoms with Crippen molar-refractivity contribution in [1.29, 1.82) is 0 Å². The van der Waals surface area contributed by atoms with Gasteiger partial charge in [0.05, 0.1) is 5.02 Å². The number of ether oxygens (including phenoxy) is 1. The van der Waals surface area contributed by atoms with Crippen LogP contribution in [0.2, 0.25) is 10.0 Å². The van der Waals surface area contributed by atoms with Gasteiger partial charge in [-0.15, -0.1) is 0 Å². The van der Waals surface area contributed by atoms with E-state index in [1.807, 2.05) is 4.90 Å². The molecule has 0 bridgehead atoms. The summed E-state index contributed by atoms with van der Waals surface area (Å²) < 4.78 is 5.68. The van der Waals surface area contributed by atoms with Crippen molar-refractivity contribution >= 4 is 29.1 Å². The van der Waals surface area contributed by atoms with Crippen molar-refractivity contribution in [3.8, 4) is 5.75 Å². The number of nitrogens with zero attached hydrogens (tertiary/aromatic N) is 1. The fourth-order valence-corrected chi connectivity index (χ4v) is 2.92. The molecule has 5 heteroatoms. The van der Waals surface area contributed by atoms with Crippen molar-refractivity contribution in [3.63, 3.8) is 0 Å². The van der Waals surface area contributed by atoms with Gasteiger partial charge in [-0.1, -0.05) is 23.2 Å². The number of likely N-dealkylation sites (tertiary alicyclic amines) is 1. The van der Waals surface area contributed by atoms with Crippen LogP contribution in [0.25, 0.3) is 0 Å². The van der Waals surface area contributed by atoms with Gasteiger partial charge in [0.15, 0.2) is 6.10 Å². The minimum Gasteiger partial charge on any atom is -0.479 e. The van der Waals surface area contributed by atoms with Crippen LogP contribution in [-0.2, 0) is 4.79 Å². The number of carbonyl (C=O) groups is 1. The summed E-state index contributed by atoms with van der Waals surface area (Å²) in [4.78, 5) is 14.3. The first-order valence-electron chi connectivity index (χ1n) is 6.91. The van der Waals surface area contributed by atoms with Gasteiger partial charge in [0, 0.05) is 17.6 Å². The highest BCUT2D eigenvalue weighted by Gasteiger charge is 2.28. The number of amides is 1. The van der Waals surface area contributed by atoms with Gasteiger partial charge in [0.2, 0.25) is 0 Å². The van der Waals surface area contributed by atoms with E-state index < -0.39 is 6.10 Å². The summed E-state index contributed by atoms with van der Waals surface area (Å²) in [5, 5.41) is 0.967. The van der Waals surface area contributed by atoms with Crippen LogP contribution in [0, 0.1) is 0 Å². The molecule has 1 amide bonds. The third kappa shape index (κ3) is 3.58. The van der Waals surface area contributed by atoms with Crippen molar-refractivity contribution in [3.05, 3.63) is 28.2 Å². The molecule has 0 N–H and O–H groups in total. The minimum atomic E-state index is -0.547.